The number of aliphatic carboxylic acids is 1. The Morgan fingerprint density at radius 1 is 1.29 bits per heavy atom. The van der Waals surface area contributed by atoms with E-state index in [9.17, 15) is 32.8 Å². The lowest BCUT2D eigenvalue weighted by Crippen LogP contribution is -2.56. The van der Waals surface area contributed by atoms with Crippen LogP contribution in [-0.4, -0.2) is 70.6 Å². The first-order valence-electron chi connectivity index (χ1n) is 10.3. The Kier molecular flexibility index (Phi) is 8.54. The molecule has 34 heavy (non-hydrogen) atoms. The van der Waals surface area contributed by atoms with E-state index in [-0.39, 0.29) is 22.6 Å². The minimum Gasteiger partial charge on any atom is -0.481 e. The third-order valence-corrected chi connectivity index (χ3v) is 5.55. The van der Waals surface area contributed by atoms with Crippen LogP contribution >= 0.6 is 11.6 Å². The number of nitrogens with two attached hydrogens (primary N) is 1. The van der Waals surface area contributed by atoms with Crippen molar-refractivity contribution in [2.24, 2.45) is 5.92 Å². The van der Waals surface area contributed by atoms with Gasteiger partial charge in [-0.05, 0) is 24.1 Å². The molecule has 3 atom stereocenters. The van der Waals surface area contributed by atoms with Crippen LogP contribution < -0.4 is 16.4 Å². The van der Waals surface area contributed by atoms with Gasteiger partial charge in [0, 0.05) is 12.0 Å². The fraction of sp³-hybridized carbons (Fsp3) is 0.476. The summed E-state index contributed by atoms with van der Waals surface area (Å²) in [5, 5.41) is 13.5. The number of halogens is 3. The Morgan fingerprint density at radius 2 is 1.94 bits per heavy atom. The van der Waals surface area contributed by atoms with Crippen LogP contribution in [0.25, 0.3) is 0 Å². The molecule has 0 saturated carbocycles. The summed E-state index contributed by atoms with van der Waals surface area (Å²) in [5.41, 5.74) is 5.94. The molecule has 10 nitrogen and oxygen atoms in total. The number of nitrogens with one attached hydrogen (secondary N) is 2. The zero-order valence-electron chi connectivity index (χ0n) is 18.4. The van der Waals surface area contributed by atoms with Crippen LogP contribution in [0.4, 0.5) is 14.5 Å². The maximum atomic E-state index is 14.2. The predicted octanol–water partition coefficient (Wildman–Crippen LogP) is 1.07. The van der Waals surface area contributed by atoms with Gasteiger partial charge in [-0.3, -0.25) is 19.2 Å². The maximum Gasteiger partial charge on any atom is 0.305 e. The van der Waals surface area contributed by atoms with Crippen molar-refractivity contribution in [2.75, 3.05) is 12.3 Å². The summed E-state index contributed by atoms with van der Waals surface area (Å²) in [6.07, 6.45) is -1.60. The number of rotatable bonds is 9. The number of likely N-dealkylation sites (tertiary alicyclic amines) is 1. The summed E-state index contributed by atoms with van der Waals surface area (Å²) in [6, 6.07) is -0.327. The molecule has 5 N–H and O–H groups in total. The minimum atomic E-state index is -3.41. The number of benzene rings is 1. The van der Waals surface area contributed by atoms with Crippen LogP contribution in [0.2, 0.25) is 5.02 Å². The number of carbonyl (C=O) groups excluding carboxylic acids is 4. The summed E-state index contributed by atoms with van der Waals surface area (Å²) in [4.78, 5) is 61.0. The zero-order chi connectivity index (χ0) is 25.8. The van der Waals surface area contributed by atoms with E-state index in [1.807, 2.05) is 0 Å². The lowest BCUT2D eigenvalue weighted by atomic mass is 10.0. The van der Waals surface area contributed by atoms with Crippen LogP contribution in [0.3, 0.4) is 0 Å². The fourth-order valence-electron chi connectivity index (χ4n) is 3.47. The second kappa shape index (κ2) is 10.8. The van der Waals surface area contributed by atoms with Gasteiger partial charge in [0.2, 0.25) is 11.8 Å². The number of carbonyl (C=O) groups is 5. The van der Waals surface area contributed by atoms with Gasteiger partial charge in [0.05, 0.1) is 29.7 Å². The summed E-state index contributed by atoms with van der Waals surface area (Å²) < 4.78 is 28.4. The van der Waals surface area contributed by atoms with Crippen molar-refractivity contribution < 1.29 is 37.9 Å². The largest absolute Gasteiger partial charge is 0.481 e. The van der Waals surface area contributed by atoms with Gasteiger partial charge in [-0.1, -0.05) is 25.4 Å². The van der Waals surface area contributed by atoms with Crippen LogP contribution in [-0.2, 0) is 19.2 Å². The van der Waals surface area contributed by atoms with E-state index in [0.29, 0.717) is 4.90 Å². The molecule has 0 aliphatic carbocycles. The number of nitrogens with zero attached hydrogens (tertiary/aromatic N) is 1. The molecule has 0 radical (unpaired) electrons. The van der Waals surface area contributed by atoms with Gasteiger partial charge >= 0.3 is 5.97 Å². The highest BCUT2D eigenvalue weighted by Gasteiger charge is 2.51. The number of carboxylic acid groups (broad SMARTS) is 1. The number of anilines is 1. The molecule has 0 spiro atoms. The van der Waals surface area contributed by atoms with Crippen molar-refractivity contribution >= 4 is 47.3 Å². The van der Waals surface area contributed by atoms with Crippen molar-refractivity contribution in [2.45, 2.75) is 50.7 Å². The SMILES string of the molecule is CC(C)C(NC(=O)c1ccc(N)c(Cl)c1)C(=O)N1CC(F)(F)CC1C(=O)NC(C=O)CC(=O)O. The molecule has 13 heteroatoms. The molecular formula is C21H25ClF2N4O6. The van der Waals surface area contributed by atoms with Crippen LogP contribution in [0.1, 0.15) is 37.0 Å². The van der Waals surface area contributed by atoms with Gasteiger partial charge < -0.3 is 31.2 Å². The molecule has 0 aromatic heterocycles. The third-order valence-electron chi connectivity index (χ3n) is 5.22. The zero-order valence-corrected chi connectivity index (χ0v) is 19.1. The molecule has 0 bridgehead atoms. The van der Waals surface area contributed by atoms with Gasteiger partial charge in [0.15, 0.2) is 0 Å². The van der Waals surface area contributed by atoms with Gasteiger partial charge in [0.25, 0.3) is 11.8 Å². The Bertz CT molecular complexity index is 990. The molecule has 3 unspecified atom stereocenters. The van der Waals surface area contributed by atoms with E-state index in [4.69, 9.17) is 22.4 Å². The molecule has 1 heterocycles. The number of nitrogen functional groups attached to an aromatic ring is 1. The van der Waals surface area contributed by atoms with Gasteiger partial charge in [-0.25, -0.2) is 8.78 Å². The summed E-state index contributed by atoms with van der Waals surface area (Å²) in [5.74, 6) is -8.06. The second-order valence-electron chi connectivity index (χ2n) is 8.32. The number of hydrogen-bond donors (Lipinski definition) is 4. The number of hydrogen-bond acceptors (Lipinski definition) is 6. The normalized spacial score (nSPS) is 18.8. The Hall–Kier alpha value is -3.28. The summed E-state index contributed by atoms with van der Waals surface area (Å²) >= 11 is 5.92. The maximum absolute atomic E-state index is 14.2. The van der Waals surface area contributed by atoms with Crippen LogP contribution in [0.5, 0.6) is 0 Å². The second-order valence-corrected chi connectivity index (χ2v) is 8.73. The van der Waals surface area contributed by atoms with E-state index < -0.39 is 73.0 Å². The first kappa shape index (κ1) is 27.0. The molecule has 1 fully saturated rings. The standard InChI is InChI=1S/C21H25ClF2N4O6/c1-10(2)17(27-18(32)11-3-4-14(25)13(22)5-11)20(34)28-9-21(23,24)7-15(28)19(33)26-12(8-29)6-16(30)31/h3-5,8,10,12,15,17H,6-7,9,25H2,1-2H3,(H,26,33)(H,27,32)(H,30,31). The average molecular weight is 503 g/mol. The van der Waals surface area contributed by atoms with Crippen molar-refractivity contribution in [1.82, 2.24) is 15.5 Å². The molecule has 1 aromatic carbocycles. The molecular weight excluding hydrogens is 478 g/mol. The fourth-order valence-corrected chi connectivity index (χ4v) is 3.65. The first-order chi connectivity index (χ1) is 15.8. The average Bonchev–Trinajstić information content (AvgIpc) is 3.07. The summed E-state index contributed by atoms with van der Waals surface area (Å²) in [7, 11) is 0. The van der Waals surface area contributed by atoms with E-state index in [1.165, 1.54) is 18.2 Å². The molecule has 186 valence electrons. The number of carboxylic acids is 1. The number of aldehydes is 1. The van der Waals surface area contributed by atoms with E-state index >= 15 is 0 Å². The lowest BCUT2D eigenvalue weighted by molar-refractivity contribution is -0.142. The van der Waals surface area contributed by atoms with E-state index in [2.05, 4.69) is 10.6 Å². The minimum absolute atomic E-state index is 0.0844. The number of amides is 3. The molecule has 3 amide bonds. The third kappa shape index (κ3) is 6.62. The Morgan fingerprint density at radius 3 is 2.47 bits per heavy atom. The summed E-state index contributed by atoms with van der Waals surface area (Å²) in [6.45, 7) is 2.08. The van der Waals surface area contributed by atoms with Crippen molar-refractivity contribution in [1.29, 1.82) is 0 Å². The highest BCUT2D eigenvalue weighted by Crippen LogP contribution is 2.33. The van der Waals surface area contributed by atoms with E-state index in [0.717, 1.165) is 0 Å². The topological polar surface area (TPSA) is 159 Å². The van der Waals surface area contributed by atoms with Crippen LogP contribution in [0.15, 0.2) is 18.2 Å². The molecule has 1 aromatic rings. The highest BCUT2D eigenvalue weighted by molar-refractivity contribution is 6.33. The first-order valence-corrected chi connectivity index (χ1v) is 10.6. The van der Waals surface area contributed by atoms with Gasteiger partial charge in [-0.2, -0.15) is 0 Å². The number of alkyl halides is 2. The Labute approximate surface area is 198 Å². The Balaban J connectivity index is 2.25. The molecule has 1 saturated heterocycles. The van der Waals surface area contributed by atoms with Gasteiger partial charge in [-0.15, -0.1) is 0 Å². The molecule has 2 rings (SSSR count). The van der Waals surface area contributed by atoms with Crippen molar-refractivity contribution in [3.05, 3.63) is 28.8 Å². The quantitative estimate of drug-likeness (QED) is 0.290. The molecule has 1 aliphatic heterocycles. The van der Waals surface area contributed by atoms with Crippen molar-refractivity contribution in [3.8, 4) is 0 Å². The highest BCUT2D eigenvalue weighted by atomic mass is 35.5. The monoisotopic (exact) mass is 502 g/mol. The smallest absolute Gasteiger partial charge is 0.305 e. The lowest BCUT2D eigenvalue weighted by Gasteiger charge is -2.30. The van der Waals surface area contributed by atoms with E-state index in [1.54, 1.807) is 13.8 Å². The van der Waals surface area contributed by atoms with Crippen LogP contribution in [0, 0.1) is 5.92 Å². The molecule has 1 aliphatic rings. The van der Waals surface area contributed by atoms with Crippen molar-refractivity contribution in [3.63, 3.8) is 0 Å². The predicted molar refractivity (Wildman–Crippen MR) is 117 cm³/mol. The van der Waals surface area contributed by atoms with Gasteiger partial charge in [0.1, 0.15) is 18.4 Å².